The minimum atomic E-state index is -0.451. The maximum atomic E-state index is 12.0. The van der Waals surface area contributed by atoms with Gasteiger partial charge in [-0.2, -0.15) is 0 Å². The number of alkyl carbamates (subject to hydrolysis) is 1. The molecule has 1 fully saturated rings. The molecule has 0 bridgehead atoms. The number of aryl methyl sites for hydroxylation is 1. The van der Waals surface area contributed by atoms with E-state index in [2.05, 4.69) is 22.1 Å². The first-order valence-corrected chi connectivity index (χ1v) is 9.27. The molecule has 0 spiro atoms. The maximum absolute atomic E-state index is 12.0. The molecule has 1 aliphatic carbocycles. The highest BCUT2D eigenvalue weighted by molar-refractivity contribution is 7.15. The number of anilines is 1. The molecule has 1 heterocycles. The number of amides is 1. The summed E-state index contributed by atoms with van der Waals surface area (Å²) in [4.78, 5) is 18.8. The second-order valence-electron chi connectivity index (χ2n) is 7.20. The van der Waals surface area contributed by atoms with E-state index in [1.165, 1.54) is 5.00 Å². The van der Waals surface area contributed by atoms with Crippen LogP contribution in [0.2, 0.25) is 0 Å². The summed E-state index contributed by atoms with van der Waals surface area (Å²) in [5.74, 6) is 0.463. The smallest absolute Gasteiger partial charge is 0.407 e. The highest BCUT2D eigenvalue weighted by Crippen LogP contribution is 2.30. The van der Waals surface area contributed by atoms with E-state index in [1.807, 2.05) is 33.9 Å². The molecule has 6 heteroatoms. The first-order valence-electron chi connectivity index (χ1n) is 8.45. The van der Waals surface area contributed by atoms with Crippen molar-refractivity contribution in [3.05, 3.63) is 11.2 Å². The second-order valence-corrected chi connectivity index (χ2v) is 8.41. The van der Waals surface area contributed by atoms with Crippen LogP contribution in [0, 0.1) is 12.8 Å². The molecule has 0 saturated heterocycles. The third kappa shape index (κ3) is 5.37. The van der Waals surface area contributed by atoms with E-state index in [9.17, 15) is 4.79 Å². The Hall–Kier alpha value is -1.30. The molecular weight excluding hydrogens is 310 g/mol. The van der Waals surface area contributed by atoms with Crippen LogP contribution in [0.3, 0.4) is 0 Å². The molecule has 1 N–H and O–H groups in total. The standard InChI is InChI=1S/C17H29N3O2S/c1-6-20(15-10-18-12(2)23-15)11-13-8-7-9-14(13)19-16(21)22-17(3,4)5/h10,13-14H,6-9,11H2,1-5H3,(H,19,21)/t13-,14+/m0/s1. The Morgan fingerprint density at radius 2 is 2.22 bits per heavy atom. The van der Waals surface area contributed by atoms with E-state index in [-0.39, 0.29) is 12.1 Å². The van der Waals surface area contributed by atoms with Gasteiger partial charge in [-0.1, -0.05) is 6.42 Å². The van der Waals surface area contributed by atoms with Crippen molar-refractivity contribution >= 4 is 22.4 Å². The molecule has 1 amide bonds. The van der Waals surface area contributed by atoms with E-state index in [0.717, 1.165) is 37.4 Å². The van der Waals surface area contributed by atoms with Crippen LogP contribution in [0.1, 0.15) is 52.0 Å². The fourth-order valence-electron chi connectivity index (χ4n) is 3.06. The molecule has 2 atom stereocenters. The number of hydrogen-bond acceptors (Lipinski definition) is 5. The van der Waals surface area contributed by atoms with E-state index in [1.54, 1.807) is 11.3 Å². The number of hydrogen-bond donors (Lipinski definition) is 1. The quantitative estimate of drug-likeness (QED) is 0.882. The average Bonchev–Trinajstić information content (AvgIpc) is 3.03. The minimum Gasteiger partial charge on any atom is -0.444 e. The van der Waals surface area contributed by atoms with Gasteiger partial charge in [-0.25, -0.2) is 9.78 Å². The second kappa shape index (κ2) is 7.51. The predicted molar refractivity (Wildman–Crippen MR) is 95.2 cm³/mol. The summed E-state index contributed by atoms with van der Waals surface area (Å²) < 4.78 is 5.40. The van der Waals surface area contributed by atoms with Gasteiger partial charge in [0.2, 0.25) is 0 Å². The van der Waals surface area contributed by atoms with Crippen molar-refractivity contribution in [3.8, 4) is 0 Å². The van der Waals surface area contributed by atoms with Crippen LogP contribution in [0.25, 0.3) is 0 Å². The normalized spacial score (nSPS) is 21.3. The summed E-state index contributed by atoms with van der Waals surface area (Å²) in [6.45, 7) is 11.8. The lowest BCUT2D eigenvalue weighted by Crippen LogP contribution is -2.44. The van der Waals surface area contributed by atoms with Gasteiger partial charge in [-0.05, 0) is 53.4 Å². The van der Waals surface area contributed by atoms with E-state index < -0.39 is 5.60 Å². The number of thiazole rings is 1. The third-order valence-electron chi connectivity index (χ3n) is 4.12. The molecule has 1 aromatic heterocycles. The van der Waals surface area contributed by atoms with Crippen molar-refractivity contribution < 1.29 is 9.53 Å². The lowest BCUT2D eigenvalue weighted by molar-refractivity contribution is 0.0494. The van der Waals surface area contributed by atoms with Crippen molar-refractivity contribution in [2.75, 3.05) is 18.0 Å². The summed E-state index contributed by atoms with van der Waals surface area (Å²) in [6, 6.07) is 0.202. The van der Waals surface area contributed by atoms with Crippen LogP contribution < -0.4 is 10.2 Å². The number of carbonyl (C=O) groups excluding carboxylic acids is 1. The molecule has 0 unspecified atom stereocenters. The third-order valence-corrected chi connectivity index (χ3v) is 5.09. The van der Waals surface area contributed by atoms with Gasteiger partial charge in [0.15, 0.2) is 0 Å². The molecule has 1 aromatic rings. The average molecular weight is 340 g/mol. The summed E-state index contributed by atoms with van der Waals surface area (Å²) in [5, 5.41) is 5.38. The first kappa shape index (κ1) is 18.0. The molecule has 0 aromatic carbocycles. The van der Waals surface area contributed by atoms with Crippen LogP contribution in [0.5, 0.6) is 0 Å². The lowest BCUT2D eigenvalue weighted by atomic mass is 10.0. The largest absolute Gasteiger partial charge is 0.444 e. The monoisotopic (exact) mass is 339 g/mol. The molecule has 130 valence electrons. The molecule has 2 rings (SSSR count). The van der Waals surface area contributed by atoms with Gasteiger partial charge >= 0.3 is 6.09 Å². The zero-order valence-electron chi connectivity index (χ0n) is 14.9. The molecular formula is C17H29N3O2S. The van der Waals surface area contributed by atoms with Crippen LogP contribution in [-0.4, -0.2) is 35.8 Å². The molecule has 5 nitrogen and oxygen atoms in total. The lowest BCUT2D eigenvalue weighted by Gasteiger charge is -2.29. The van der Waals surface area contributed by atoms with Gasteiger partial charge in [-0.3, -0.25) is 0 Å². The van der Waals surface area contributed by atoms with Crippen LogP contribution in [0.4, 0.5) is 9.80 Å². The van der Waals surface area contributed by atoms with Gasteiger partial charge in [-0.15, -0.1) is 11.3 Å². The Morgan fingerprint density at radius 3 is 2.78 bits per heavy atom. The van der Waals surface area contributed by atoms with E-state index in [0.29, 0.717) is 5.92 Å². The summed E-state index contributed by atoms with van der Waals surface area (Å²) >= 11 is 1.73. The number of nitrogens with one attached hydrogen (secondary N) is 1. The molecule has 0 radical (unpaired) electrons. The van der Waals surface area contributed by atoms with Gasteiger partial charge < -0.3 is 15.0 Å². The Morgan fingerprint density at radius 1 is 1.48 bits per heavy atom. The minimum absolute atomic E-state index is 0.202. The molecule has 1 saturated carbocycles. The molecule has 0 aliphatic heterocycles. The van der Waals surface area contributed by atoms with Crippen molar-refractivity contribution in [2.24, 2.45) is 5.92 Å². The number of nitrogens with zero attached hydrogens (tertiary/aromatic N) is 2. The maximum Gasteiger partial charge on any atom is 0.407 e. The van der Waals surface area contributed by atoms with Crippen LogP contribution in [0.15, 0.2) is 6.20 Å². The number of ether oxygens (including phenoxy) is 1. The number of carbonyl (C=O) groups is 1. The van der Waals surface area contributed by atoms with Gasteiger partial charge in [0, 0.05) is 19.1 Å². The fourth-order valence-corrected chi connectivity index (χ4v) is 3.90. The Kier molecular flexibility index (Phi) is 5.89. The topological polar surface area (TPSA) is 54.5 Å². The van der Waals surface area contributed by atoms with Crippen molar-refractivity contribution in [1.82, 2.24) is 10.3 Å². The predicted octanol–water partition coefficient (Wildman–Crippen LogP) is 3.97. The van der Waals surface area contributed by atoms with E-state index >= 15 is 0 Å². The van der Waals surface area contributed by atoms with Crippen molar-refractivity contribution in [3.63, 3.8) is 0 Å². The molecule has 23 heavy (non-hydrogen) atoms. The summed E-state index contributed by atoms with van der Waals surface area (Å²) in [6.07, 6.45) is 4.99. The Balaban J connectivity index is 1.94. The van der Waals surface area contributed by atoms with Crippen LogP contribution >= 0.6 is 11.3 Å². The number of aromatic nitrogens is 1. The van der Waals surface area contributed by atoms with Crippen molar-refractivity contribution in [2.45, 2.75) is 65.5 Å². The first-order chi connectivity index (χ1) is 10.8. The van der Waals surface area contributed by atoms with Gasteiger partial charge in [0.25, 0.3) is 0 Å². The summed E-state index contributed by atoms with van der Waals surface area (Å²) in [5.41, 5.74) is -0.451. The molecule has 1 aliphatic rings. The highest BCUT2D eigenvalue weighted by Gasteiger charge is 2.31. The van der Waals surface area contributed by atoms with Crippen molar-refractivity contribution in [1.29, 1.82) is 0 Å². The number of rotatable bonds is 5. The van der Waals surface area contributed by atoms with Gasteiger partial charge in [0.1, 0.15) is 10.6 Å². The highest BCUT2D eigenvalue weighted by atomic mass is 32.1. The van der Waals surface area contributed by atoms with Gasteiger partial charge in [0.05, 0.1) is 11.2 Å². The fraction of sp³-hybridized carbons (Fsp3) is 0.765. The zero-order chi connectivity index (χ0) is 17.0. The van der Waals surface area contributed by atoms with Crippen LogP contribution in [-0.2, 0) is 4.74 Å². The summed E-state index contributed by atoms with van der Waals surface area (Å²) in [7, 11) is 0. The SMILES string of the molecule is CCN(C[C@@H]1CCC[C@H]1NC(=O)OC(C)(C)C)c1cnc(C)s1. The van der Waals surface area contributed by atoms with E-state index in [4.69, 9.17) is 4.74 Å². The zero-order valence-corrected chi connectivity index (χ0v) is 15.7. The Bertz CT molecular complexity index is 524. The Labute approximate surface area is 143 Å².